The topological polar surface area (TPSA) is 78.9 Å². The molecule has 0 radical (unpaired) electrons. The minimum Gasteiger partial charge on any atom is -0.489 e. The summed E-state index contributed by atoms with van der Waals surface area (Å²) in [6, 6.07) is 17.8. The molecular weight excluding hydrogens is 401 g/mol. The van der Waals surface area contributed by atoms with E-state index in [4.69, 9.17) is 14.6 Å². The molecule has 0 aliphatic carbocycles. The van der Waals surface area contributed by atoms with E-state index in [1.165, 1.54) is 0 Å². The van der Waals surface area contributed by atoms with Gasteiger partial charge in [-0.3, -0.25) is 4.79 Å². The third-order valence-electron chi connectivity index (χ3n) is 4.23. The summed E-state index contributed by atoms with van der Waals surface area (Å²) in [5.74, 6) is -1.96. The number of aliphatic carboxylic acids is 1. The maximum Gasteiger partial charge on any atom is 0.490 e. The molecule has 1 saturated heterocycles. The molecule has 3 rings (SSSR count). The van der Waals surface area contributed by atoms with Crippen LogP contribution in [-0.4, -0.2) is 53.7 Å². The zero-order chi connectivity index (χ0) is 22.1. The maximum absolute atomic E-state index is 12.6. The number of alkyl halides is 3. The molecule has 162 valence electrons. The van der Waals surface area contributed by atoms with Crippen LogP contribution in [0.25, 0.3) is 0 Å². The highest BCUT2D eigenvalue weighted by Crippen LogP contribution is 2.17. The van der Waals surface area contributed by atoms with Gasteiger partial charge in [0.2, 0.25) is 0 Å². The average Bonchev–Trinajstić information content (AvgIpc) is 2.72. The van der Waals surface area contributed by atoms with Crippen molar-refractivity contribution < 1.29 is 32.6 Å². The highest BCUT2D eigenvalue weighted by Gasteiger charge is 2.38. The first-order valence-corrected chi connectivity index (χ1v) is 9.26. The van der Waals surface area contributed by atoms with E-state index in [9.17, 15) is 18.0 Å². The molecule has 2 aromatic rings. The van der Waals surface area contributed by atoms with Gasteiger partial charge in [0, 0.05) is 31.2 Å². The normalized spacial score (nSPS) is 16.3. The lowest BCUT2D eigenvalue weighted by Crippen LogP contribution is -2.51. The summed E-state index contributed by atoms with van der Waals surface area (Å²) < 4.78 is 37.5. The van der Waals surface area contributed by atoms with Crippen molar-refractivity contribution in [1.29, 1.82) is 0 Å². The number of hydrogen-bond acceptors (Lipinski definition) is 4. The first-order chi connectivity index (χ1) is 14.2. The van der Waals surface area contributed by atoms with Crippen LogP contribution in [0.4, 0.5) is 13.2 Å². The Morgan fingerprint density at radius 1 is 1.17 bits per heavy atom. The van der Waals surface area contributed by atoms with Crippen molar-refractivity contribution in [1.82, 2.24) is 10.2 Å². The van der Waals surface area contributed by atoms with Crippen molar-refractivity contribution in [2.75, 3.05) is 19.6 Å². The maximum atomic E-state index is 12.6. The van der Waals surface area contributed by atoms with Crippen LogP contribution >= 0.6 is 0 Å². The number of piperazine rings is 1. The van der Waals surface area contributed by atoms with Gasteiger partial charge in [0.25, 0.3) is 5.91 Å². The quantitative estimate of drug-likeness (QED) is 0.787. The van der Waals surface area contributed by atoms with Gasteiger partial charge in [0.1, 0.15) is 12.4 Å². The Labute approximate surface area is 172 Å². The highest BCUT2D eigenvalue weighted by atomic mass is 19.4. The van der Waals surface area contributed by atoms with E-state index in [0.717, 1.165) is 30.9 Å². The molecular formula is C21H23F3N2O4. The second-order valence-corrected chi connectivity index (χ2v) is 6.71. The number of halogens is 3. The number of nitrogens with one attached hydrogen (secondary N) is 1. The largest absolute Gasteiger partial charge is 0.490 e. The summed E-state index contributed by atoms with van der Waals surface area (Å²) in [5.41, 5.74) is 1.80. The van der Waals surface area contributed by atoms with E-state index in [1.54, 1.807) is 0 Å². The lowest BCUT2D eigenvalue weighted by molar-refractivity contribution is -0.192. The van der Waals surface area contributed by atoms with Gasteiger partial charge in [-0.05, 0) is 30.7 Å². The number of benzene rings is 2. The van der Waals surface area contributed by atoms with Crippen LogP contribution in [0.2, 0.25) is 0 Å². The minimum atomic E-state index is -5.08. The van der Waals surface area contributed by atoms with Gasteiger partial charge >= 0.3 is 12.1 Å². The molecule has 1 fully saturated rings. The van der Waals surface area contributed by atoms with Crippen LogP contribution in [0.3, 0.4) is 0 Å². The predicted octanol–water partition coefficient (Wildman–Crippen LogP) is 3.33. The van der Waals surface area contributed by atoms with Gasteiger partial charge in [0.05, 0.1) is 0 Å². The minimum absolute atomic E-state index is 0.0727. The molecule has 6 nitrogen and oxygen atoms in total. The van der Waals surface area contributed by atoms with E-state index in [0.29, 0.717) is 18.2 Å². The summed E-state index contributed by atoms with van der Waals surface area (Å²) in [5, 5.41) is 10.5. The Balaban J connectivity index is 0.000000396. The number of amides is 1. The molecule has 0 saturated carbocycles. The van der Waals surface area contributed by atoms with Crippen LogP contribution < -0.4 is 10.1 Å². The van der Waals surface area contributed by atoms with Crippen molar-refractivity contribution in [2.45, 2.75) is 25.7 Å². The van der Waals surface area contributed by atoms with Crippen molar-refractivity contribution in [2.24, 2.45) is 0 Å². The number of hydrogen-bond donors (Lipinski definition) is 2. The van der Waals surface area contributed by atoms with Crippen LogP contribution in [0.15, 0.2) is 54.6 Å². The summed E-state index contributed by atoms with van der Waals surface area (Å²) in [6.07, 6.45) is -5.08. The number of rotatable bonds is 4. The molecule has 1 heterocycles. The zero-order valence-corrected chi connectivity index (χ0v) is 16.4. The van der Waals surface area contributed by atoms with Gasteiger partial charge in [-0.1, -0.05) is 36.4 Å². The fourth-order valence-electron chi connectivity index (χ4n) is 2.76. The van der Waals surface area contributed by atoms with Gasteiger partial charge in [-0.15, -0.1) is 0 Å². The smallest absolute Gasteiger partial charge is 0.489 e. The van der Waals surface area contributed by atoms with E-state index >= 15 is 0 Å². The molecule has 1 aliphatic rings. The fraction of sp³-hybridized carbons (Fsp3) is 0.333. The Kier molecular flexibility index (Phi) is 8.23. The lowest BCUT2D eigenvalue weighted by atomic mass is 10.1. The highest BCUT2D eigenvalue weighted by molar-refractivity contribution is 5.94. The molecule has 9 heteroatoms. The van der Waals surface area contributed by atoms with Gasteiger partial charge in [-0.2, -0.15) is 13.2 Å². The first kappa shape index (κ1) is 23.2. The van der Waals surface area contributed by atoms with E-state index < -0.39 is 12.1 Å². The molecule has 0 bridgehead atoms. The van der Waals surface area contributed by atoms with Crippen molar-refractivity contribution in [3.8, 4) is 5.75 Å². The van der Waals surface area contributed by atoms with Crippen molar-refractivity contribution in [3.05, 3.63) is 65.7 Å². The Morgan fingerprint density at radius 3 is 2.43 bits per heavy atom. The van der Waals surface area contributed by atoms with Crippen molar-refractivity contribution >= 4 is 11.9 Å². The number of carboxylic acids is 1. The molecule has 30 heavy (non-hydrogen) atoms. The molecule has 1 amide bonds. The van der Waals surface area contributed by atoms with Gasteiger partial charge in [0.15, 0.2) is 0 Å². The van der Waals surface area contributed by atoms with Gasteiger partial charge in [-0.25, -0.2) is 4.79 Å². The van der Waals surface area contributed by atoms with Crippen LogP contribution in [0.1, 0.15) is 22.8 Å². The Bertz CT molecular complexity index is 844. The second kappa shape index (κ2) is 10.6. The number of ether oxygens (including phenoxy) is 1. The third kappa shape index (κ3) is 7.40. The molecule has 0 spiro atoms. The summed E-state index contributed by atoms with van der Waals surface area (Å²) >= 11 is 0. The van der Waals surface area contributed by atoms with E-state index in [-0.39, 0.29) is 5.91 Å². The number of carboxylic acid groups (broad SMARTS) is 1. The summed E-state index contributed by atoms with van der Waals surface area (Å²) in [4.78, 5) is 23.4. The molecule has 2 aromatic carbocycles. The SMILES string of the molecule is C[C@@H]1CN(C(=O)c2cccc(OCc3ccccc3)c2)CCN1.O=C(O)C(F)(F)F. The third-order valence-corrected chi connectivity index (χ3v) is 4.23. The van der Waals surface area contributed by atoms with Gasteiger partial charge < -0.3 is 20.1 Å². The lowest BCUT2D eigenvalue weighted by Gasteiger charge is -2.32. The number of nitrogens with zero attached hydrogens (tertiary/aromatic N) is 1. The predicted molar refractivity (Wildman–Crippen MR) is 104 cm³/mol. The van der Waals surface area contributed by atoms with E-state index in [1.807, 2.05) is 59.5 Å². The molecule has 0 unspecified atom stereocenters. The number of carbonyl (C=O) groups excluding carboxylic acids is 1. The molecule has 2 N–H and O–H groups in total. The Hall–Kier alpha value is -3.07. The summed E-state index contributed by atoms with van der Waals surface area (Å²) in [6.45, 7) is 4.94. The van der Waals surface area contributed by atoms with E-state index in [2.05, 4.69) is 12.2 Å². The molecule has 1 aliphatic heterocycles. The van der Waals surface area contributed by atoms with Crippen LogP contribution in [0.5, 0.6) is 5.75 Å². The summed E-state index contributed by atoms with van der Waals surface area (Å²) in [7, 11) is 0. The fourth-order valence-corrected chi connectivity index (χ4v) is 2.76. The average molecular weight is 424 g/mol. The zero-order valence-electron chi connectivity index (χ0n) is 16.4. The first-order valence-electron chi connectivity index (χ1n) is 9.26. The second-order valence-electron chi connectivity index (χ2n) is 6.71. The van der Waals surface area contributed by atoms with Crippen LogP contribution in [-0.2, 0) is 11.4 Å². The Morgan fingerprint density at radius 2 is 1.83 bits per heavy atom. The standard InChI is InChI=1S/C19H22N2O2.C2HF3O2/c1-15-13-21(11-10-20-15)19(22)17-8-5-9-18(12-17)23-14-16-6-3-2-4-7-16;3-2(4,5)1(6)7/h2-9,12,15,20H,10-11,13-14H2,1H3;(H,6,7)/t15-;/m1./s1. The monoisotopic (exact) mass is 424 g/mol. The van der Waals surface area contributed by atoms with Crippen molar-refractivity contribution in [3.63, 3.8) is 0 Å². The molecule has 1 atom stereocenters. The van der Waals surface area contributed by atoms with Crippen LogP contribution in [0, 0.1) is 0 Å². The number of carbonyl (C=O) groups is 2. The molecule has 0 aromatic heterocycles.